The molecule has 7 heteroatoms. The van der Waals surface area contributed by atoms with Crippen molar-refractivity contribution in [3.05, 3.63) is 22.2 Å². The number of piperazine rings is 1. The van der Waals surface area contributed by atoms with Gasteiger partial charge in [0, 0.05) is 37.3 Å². The molecule has 2 atom stereocenters. The second-order valence-corrected chi connectivity index (χ2v) is 5.18. The third-order valence-corrected chi connectivity index (χ3v) is 3.97. The van der Waals surface area contributed by atoms with Gasteiger partial charge in [-0.1, -0.05) is 13.8 Å². The standard InChI is InChI=1S/C14H22N4O3/c1-4-10-9-17(11(5-2)8-15-10)14-12(18(19)20)6-7-13(16-14)21-3/h6-7,10-11,15H,4-5,8-9H2,1-3H3. The lowest BCUT2D eigenvalue weighted by Crippen LogP contribution is -2.56. The van der Waals surface area contributed by atoms with Crippen LogP contribution in [0.1, 0.15) is 26.7 Å². The highest BCUT2D eigenvalue weighted by molar-refractivity contribution is 5.60. The molecule has 0 amide bonds. The zero-order valence-electron chi connectivity index (χ0n) is 12.7. The lowest BCUT2D eigenvalue weighted by molar-refractivity contribution is -0.384. The fraction of sp³-hybridized carbons (Fsp3) is 0.643. The summed E-state index contributed by atoms with van der Waals surface area (Å²) in [4.78, 5) is 17.3. The number of anilines is 1. The molecular formula is C14H22N4O3. The number of aromatic nitrogens is 1. The molecule has 0 saturated carbocycles. The summed E-state index contributed by atoms with van der Waals surface area (Å²) in [6.45, 7) is 5.72. The van der Waals surface area contributed by atoms with Crippen LogP contribution in [0.3, 0.4) is 0 Å². The molecule has 0 spiro atoms. The van der Waals surface area contributed by atoms with Crippen LogP contribution in [0.25, 0.3) is 0 Å². The predicted octanol–water partition coefficient (Wildman–Crippen LogP) is 1.97. The number of nitrogens with zero attached hydrogens (tertiary/aromatic N) is 3. The summed E-state index contributed by atoms with van der Waals surface area (Å²) in [7, 11) is 1.52. The van der Waals surface area contributed by atoms with Crippen LogP contribution < -0.4 is 15.0 Å². The van der Waals surface area contributed by atoms with Gasteiger partial charge >= 0.3 is 5.69 Å². The SMILES string of the molecule is CCC1CN(c2nc(OC)ccc2[N+](=O)[O-])C(CC)CN1. The van der Waals surface area contributed by atoms with E-state index in [1.807, 2.05) is 4.90 Å². The minimum Gasteiger partial charge on any atom is -0.481 e. The third-order valence-electron chi connectivity index (χ3n) is 3.97. The highest BCUT2D eigenvalue weighted by Crippen LogP contribution is 2.31. The van der Waals surface area contributed by atoms with Crippen LogP contribution >= 0.6 is 0 Å². The minimum atomic E-state index is -0.377. The van der Waals surface area contributed by atoms with Crippen molar-refractivity contribution in [2.75, 3.05) is 25.1 Å². The summed E-state index contributed by atoms with van der Waals surface area (Å²) in [6.07, 6.45) is 1.88. The van der Waals surface area contributed by atoms with Crippen molar-refractivity contribution < 1.29 is 9.66 Å². The van der Waals surface area contributed by atoms with E-state index in [0.717, 1.165) is 25.9 Å². The zero-order chi connectivity index (χ0) is 15.4. The molecule has 21 heavy (non-hydrogen) atoms. The van der Waals surface area contributed by atoms with Gasteiger partial charge in [-0.25, -0.2) is 0 Å². The van der Waals surface area contributed by atoms with E-state index >= 15 is 0 Å². The van der Waals surface area contributed by atoms with Crippen molar-refractivity contribution >= 4 is 11.5 Å². The number of pyridine rings is 1. The average molecular weight is 294 g/mol. The first-order valence-corrected chi connectivity index (χ1v) is 7.30. The van der Waals surface area contributed by atoms with Gasteiger partial charge in [0.2, 0.25) is 11.7 Å². The van der Waals surface area contributed by atoms with E-state index in [2.05, 4.69) is 24.1 Å². The summed E-state index contributed by atoms with van der Waals surface area (Å²) >= 11 is 0. The average Bonchev–Trinajstić information content (AvgIpc) is 2.53. The molecule has 116 valence electrons. The van der Waals surface area contributed by atoms with Gasteiger partial charge < -0.3 is 15.0 Å². The molecule has 1 N–H and O–H groups in total. The molecule has 2 rings (SSSR count). The number of nitro groups is 1. The van der Waals surface area contributed by atoms with Crippen LogP contribution in [0.4, 0.5) is 11.5 Å². The van der Waals surface area contributed by atoms with Crippen LogP contribution in [-0.2, 0) is 0 Å². The molecule has 0 bridgehead atoms. The first kappa shape index (κ1) is 15.5. The first-order valence-electron chi connectivity index (χ1n) is 7.30. The summed E-state index contributed by atoms with van der Waals surface area (Å²) in [6, 6.07) is 3.52. The van der Waals surface area contributed by atoms with Gasteiger partial charge in [-0.2, -0.15) is 4.98 Å². The van der Waals surface area contributed by atoms with E-state index in [1.54, 1.807) is 0 Å². The normalized spacial score (nSPS) is 22.1. The molecule has 1 saturated heterocycles. The third kappa shape index (κ3) is 3.24. The summed E-state index contributed by atoms with van der Waals surface area (Å²) in [5.41, 5.74) is 0.0333. The van der Waals surface area contributed by atoms with Gasteiger partial charge in [-0.15, -0.1) is 0 Å². The summed E-state index contributed by atoms with van der Waals surface area (Å²) in [5.74, 6) is 0.809. The second kappa shape index (κ2) is 6.71. The van der Waals surface area contributed by atoms with Crippen molar-refractivity contribution in [2.24, 2.45) is 0 Å². The second-order valence-electron chi connectivity index (χ2n) is 5.18. The Hall–Kier alpha value is -1.89. The van der Waals surface area contributed by atoms with Crippen LogP contribution in [0.2, 0.25) is 0 Å². The van der Waals surface area contributed by atoms with Gasteiger partial charge in [-0.05, 0) is 12.8 Å². The van der Waals surface area contributed by atoms with Crippen LogP contribution in [0.5, 0.6) is 5.88 Å². The number of hydrogen-bond acceptors (Lipinski definition) is 6. The fourth-order valence-corrected chi connectivity index (χ4v) is 2.65. The number of rotatable bonds is 5. The van der Waals surface area contributed by atoms with Crippen molar-refractivity contribution in [2.45, 2.75) is 38.8 Å². The van der Waals surface area contributed by atoms with Crippen molar-refractivity contribution in [1.82, 2.24) is 10.3 Å². The Morgan fingerprint density at radius 1 is 1.48 bits per heavy atom. The molecule has 2 heterocycles. The smallest absolute Gasteiger partial charge is 0.311 e. The molecule has 0 aliphatic carbocycles. The Labute approximate surface area is 124 Å². The van der Waals surface area contributed by atoms with E-state index in [-0.39, 0.29) is 16.7 Å². The van der Waals surface area contributed by atoms with Gasteiger partial charge in [0.25, 0.3) is 0 Å². The Morgan fingerprint density at radius 2 is 2.24 bits per heavy atom. The van der Waals surface area contributed by atoms with Gasteiger partial charge in [0.1, 0.15) is 0 Å². The molecule has 2 unspecified atom stereocenters. The topological polar surface area (TPSA) is 80.5 Å². The highest BCUT2D eigenvalue weighted by atomic mass is 16.6. The molecular weight excluding hydrogens is 272 g/mol. The van der Waals surface area contributed by atoms with Crippen molar-refractivity contribution in [3.63, 3.8) is 0 Å². The first-order chi connectivity index (χ1) is 10.1. The van der Waals surface area contributed by atoms with E-state index in [0.29, 0.717) is 17.7 Å². The monoisotopic (exact) mass is 294 g/mol. The predicted molar refractivity (Wildman–Crippen MR) is 81.0 cm³/mol. The molecule has 1 aliphatic heterocycles. The maximum Gasteiger partial charge on any atom is 0.311 e. The maximum absolute atomic E-state index is 11.3. The van der Waals surface area contributed by atoms with E-state index < -0.39 is 0 Å². The largest absolute Gasteiger partial charge is 0.481 e. The number of ether oxygens (including phenoxy) is 1. The van der Waals surface area contributed by atoms with Crippen LogP contribution in [0.15, 0.2) is 12.1 Å². The van der Waals surface area contributed by atoms with Crippen LogP contribution in [0, 0.1) is 10.1 Å². The summed E-state index contributed by atoms with van der Waals surface area (Å²) in [5, 5.41) is 14.8. The summed E-state index contributed by atoms with van der Waals surface area (Å²) < 4.78 is 5.13. The number of nitrogens with one attached hydrogen (secondary N) is 1. The molecule has 1 aromatic rings. The molecule has 1 aromatic heterocycles. The van der Waals surface area contributed by atoms with Gasteiger partial charge in [-0.3, -0.25) is 10.1 Å². The Balaban J connectivity index is 2.42. The number of hydrogen-bond donors (Lipinski definition) is 1. The fourth-order valence-electron chi connectivity index (χ4n) is 2.65. The Bertz CT molecular complexity index is 509. The lowest BCUT2D eigenvalue weighted by Gasteiger charge is -2.40. The van der Waals surface area contributed by atoms with E-state index in [4.69, 9.17) is 4.74 Å². The zero-order valence-corrected chi connectivity index (χ0v) is 12.7. The molecule has 7 nitrogen and oxygen atoms in total. The van der Waals surface area contributed by atoms with Crippen molar-refractivity contribution in [1.29, 1.82) is 0 Å². The Morgan fingerprint density at radius 3 is 2.81 bits per heavy atom. The van der Waals surface area contributed by atoms with Crippen molar-refractivity contribution in [3.8, 4) is 5.88 Å². The molecule has 1 aliphatic rings. The van der Waals surface area contributed by atoms with E-state index in [9.17, 15) is 10.1 Å². The lowest BCUT2D eigenvalue weighted by atomic mass is 10.0. The van der Waals surface area contributed by atoms with E-state index in [1.165, 1.54) is 19.2 Å². The molecule has 0 aromatic carbocycles. The van der Waals surface area contributed by atoms with Crippen LogP contribution in [-0.4, -0.2) is 42.2 Å². The quantitative estimate of drug-likeness (QED) is 0.660. The molecule has 1 fully saturated rings. The minimum absolute atomic E-state index is 0.0333. The Kier molecular flexibility index (Phi) is 4.95. The van der Waals surface area contributed by atoms with Gasteiger partial charge in [0.05, 0.1) is 12.0 Å². The maximum atomic E-state index is 11.3. The van der Waals surface area contributed by atoms with Gasteiger partial charge in [0.15, 0.2) is 0 Å². The highest BCUT2D eigenvalue weighted by Gasteiger charge is 2.32. The number of methoxy groups -OCH3 is 1. The molecule has 0 radical (unpaired) electrons.